The summed E-state index contributed by atoms with van der Waals surface area (Å²) in [5.41, 5.74) is 0.613. The molecule has 1 fully saturated rings. The van der Waals surface area contributed by atoms with Crippen molar-refractivity contribution in [2.75, 3.05) is 26.8 Å². The molecule has 3 amide bonds. The predicted molar refractivity (Wildman–Crippen MR) is 142 cm³/mol. The van der Waals surface area contributed by atoms with Gasteiger partial charge in [-0.15, -0.1) is 0 Å². The number of furan rings is 1. The highest BCUT2D eigenvalue weighted by Gasteiger charge is 2.44. The number of benzene rings is 2. The lowest BCUT2D eigenvalue weighted by Crippen LogP contribution is -2.48. The fourth-order valence-corrected chi connectivity index (χ4v) is 6.40. The maximum Gasteiger partial charge on any atom is 0.269 e. The molecule has 2 atom stereocenters. The smallest absolute Gasteiger partial charge is 0.269 e. The van der Waals surface area contributed by atoms with Crippen LogP contribution in [0.4, 0.5) is 0 Å². The summed E-state index contributed by atoms with van der Waals surface area (Å²) in [6.45, 7) is -0.0331. The zero-order valence-corrected chi connectivity index (χ0v) is 22.6. The number of ether oxygens (including phenoxy) is 2. The van der Waals surface area contributed by atoms with E-state index in [2.05, 4.69) is 5.32 Å². The summed E-state index contributed by atoms with van der Waals surface area (Å²) < 4.78 is 43.4. The van der Waals surface area contributed by atoms with Gasteiger partial charge in [0.1, 0.15) is 22.9 Å². The van der Waals surface area contributed by atoms with Crippen molar-refractivity contribution in [3.63, 3.8) is 0 Å². The molecule has 1 aromatic heterocycles. The van der Waals surface area contributed by atoms with E-state index in [0.29, 0.717) is 22.2 Å². The molecule has 2 aliphatic heterocycles. The van der Waals surface area contributed by atoms with Gasteiger partial charge in [-0.3, -0.25) is 14.4 Å². The minimum atomic E-state index is -4.25. The van der Waals surface area contributed by atoms with Crippen LogP contribution in [-0.4, -0.2) is 68.3 Å². The van der Waals surface area contributed by atoms with Crippen LogP contribution in [0.25, 0.3) is 0 Å². The number of methoxy groups -OCH3 is 1. The van der Waals surface area contributed by atoms with E-state index < -0.39 is 40.3 Å². The zero-order chi connectivity index (χ0) is 28.3. The quantitative estimate of drug-likeness (QED) is 0.395. The molecule has 2 aliphatic rings. The molecule has 12 heteroatoms. The molecular formula is C28H29N3O8S. The summed E-state index contributed by atoms with van der Waals surface area (Å²) in [5, 5.41) is 2.85. The highest BCUT2D eigenvalue weighted by Crippen LogP contribution is 2.31. The Morgan fingerprint density at radius 2 is 1.98 bits per heavy atom. The number of rotatable bonds is 10. The van der Waals surface area contributed by atoms with Crippen LogP contribution in [0.2, 0.25) is 0 Å². The molecule has 0 unspecified atom stereocenters. The average molecular weight is 568 g/mol. The van der Waals surface area contributed by atoms with Crippen LogP contribution < -0.4 is 10.1 Å². The van der Waals surface area contributed by atoms with Crippen molar-refractivity contribution in [1.82, 2.24) is 14.5 Å². The molecule has 1 saturated heterocycles. The number of carbonyl (C=O) groups excluding carboxylic acids is 3. The van der Waals surface area contributed by atoms with Crippen molar-refractivity contribution >= 4 is 27.7 Å². The SMILES string of the molecule is COc1cccc(CN(C(=O)CN2C(=O)c3ccccc3S2(=O)=O)[C@@H](C(=O)NC[C@@H]2CCCO2)c2ccco2)c1. The molecule has 3 heterocycles. The van der Waals surface area contributed by atoms with E-state index >= 15 is 0 Å². The van der Waals surface area contributed by atoms with Gasteiger partial charge in [0, 0.05) is 19.7 Å². The Morgan fingerprint density at radius 1 is 1.15 bits per heavy atom. The first-order valence-electron chi connectivity index (χ1n) is 12.8. The van der Waals surface area contributed by atoms with Gasteiger partial charge in [-0.05, 0) is 54.8 Å². The molecule has 40 heavy (non-hydrogen) atoms. The fourth-order valence-electron chi connectivity index (χ4n) is 4.88. The Kier molecular flexibility index (Phi) is 7.90. The van der Waals surface area contributed by atoms with E-state index in [9.17, 15) is 22.8 Å². The molecule has 0 bridgehead atoms. The third-order valence-electron chi connectivity index (χ3n) is 6.90. The topological polar surface area (TPSA) is 135 Å². The second-order valence-corrected chi connectivity index (χ2v) is 11.3. The van der Waals surface area contributed by atoms with Crippen molar-refractivity contribution in [2.24, 2.45) is 0 Å². The van der Waals surface area contributed by atoms with Crippen molar-refractivity contribution in [3.8, 4) is 5.75 Å². The largest absolute Gasteiger partial charge is 0.497 e. The molecule has 0 aliphatic carbocycles. The van der Waals surface area contributed by atoms with Crippen molar-refractivity contribution in [2.45, 2.75) is 36.4 Å². The number of amides is 3. The molecule has 1 N–H and O–H groups in total. The van der Waals surface area contributed by atoms with Crippen LogP contribution in [0.5, 0.6) is 5.75 Å². The van der Waals surface area contributed by atoms with E-state index in [4.69, 9.17) is 13.9 Å². The van der Waals surface area contributed by atoms with Crippen LogP contribution in [0, 0.1) is 0 Å². The highest BCUT2D eigenvalue weighted by molar-refractivity contribution is 7.90. The van der Waals surface area contributed by atoms with Gasteiger partial charge < -0.3 is 24.1 Å². The number of fused-ring (bicyclic) bond motifs is 1. The van der Waals surface area contributed by atoms with E-state index in [-0.39, 0.29) is 35.4 Å². The van der Waals surface area contributed by atoms with E-state index in [1.165, 1.54) is 36.5 Å². The molecule has 2 aromatic carbocycles. The van der Waals surface area contributed by atoms with Crippen molar-refractivity contribution in [1.29, 1.82) is 0 Å². The second-order valence-electron chi connectivity index (χ2n) is 9.48. The minimum absolute atomic E-state index is 0.00784. The van der Waals surface area contributed by atoms with Gasteiger partial charge in [-0.25, -0.2) is 12.7 Å². The van der Waals surface area contributed by atoms with Crippen molar-refractivity contribution in [3.05, 3.63) is 83.8 Å². The van der Waals surface area contributed by atoms with Gasteiger partial charge in [0.25, 0.3) is 21.8 Å². The van der Waals surface area contributed by atoms with Crippen LogP contribution in [-0.2, 0) is 30.9 Å². The maximum absolute atomic E-state index is 13.9. The highest BCUT2D eigenvalue weighted by atomic mass is 32.2. The number of hydrogen-bond donors (Lipinski definition) is 1. The Labute approximate surface area is 231 Å². The van der Waals surface area contributed by atoms with Crippen molar-refractivity contribution < 1.29 is 36.7 Å². The zero-order valence-electron chi connectivity index (χ0n) is 21.8. The van der Waals surface area contributed by atoms with Gasteiger partial charge in [-0.2, -0.15) is 0 Å². The normalized spacial score (nSPS) is 18.3. The molecule has 210 valence electrons. The first-order valence-corrected chi connectivity index (χ1v) is 14.2. The van der Waals surface area contributed by atoms with Crippen LogP contribution in [0.1, 0.15) is 40.6 Å². The summed E-state index contributed by atoms with van der Waals surface area (Å²) >= 11 is 0. The van der Waals surface area contributed by atoms with Crippen LogP contribution in [0.15, 0.2) is 76.2 Å². The Balaban J connectivity index is 1.48. The third kappa shape index (κ3) is 5.45. The standard InChI is InChI=1S/C28H29N3O8S/c1-37-20-8-4-7-19(15-20)17-30(25(32)18-31-28(34)22-10-2-3-12-24(22)40(31,35)36)26(23-11-6-14-39-23)27(33)29-16-21-9-5-13-38-21/h2-4,6-8,10-12,14-15,21,26H,5,9,13,16-18H2,1H3,(H,29,33)/t21-,26+/m0/s1. The van der Waals surface area contributed by atoms with Gasteiger partial charge in [0.05, 0.1) is 25.0 Å². The monoisotopic (exact) mass is 567 g/mol. The van der Waals surface area contributed by atoms with E-state index in [1.807, 2.05) is 0 Å². The first-order chi connectivity index (χ1) is 19.3. The number of sulfonamides is 1. The van der Waals surface area contributed by atoms with E-state index in [0.717, 1.165) is 12.8 Å². The molecule has 3 aromatic rings. The number of hydrogen-bond acceptors (Lipinski definition) is 8. The lowest BCUT2D eigenvalue weighted by Gasteiger charge is -2.31. The number of nitrogens with one attached hydrogen (secondary N) is 1. The molecular weight excluding hydrogens is 538 g/mol. The average Bonchev–Trinajstić information content (AvgIpc) is 3.72. The Morgan fingerprint density at radius 3 is 2.67 bits per heavy atom. The molecule has 0 spiro atoms. The molecule has 5 rings (SSSR count). The summed E-state index contributed by atoms with van der Waals surface area (Å²) in [7, 11) is -2.75. The Bertz CT molecular complexity index is 1500. The molecule has 0 saturated carbocycles. The Hall–Kier alpha value is -4.16. The lowest BCUT2D eigenvalue weighted by atomic mass is 10.1. The summed E-state index contributed by atoms with van der Waals surface area (Å²) in [6, 6.07) is 14.6. The second kappa shape index (κ2) is 11.5. The van der Waals surface area contributed by atoms with Gasteiger partial charge in [0.15, 0.2) is 6.04 Å². The molecule has 0 radical (unpaired) electrons. The predicted octanol–water partition coefficient (Wildman–Crippen LogP) is 2.50. The fraction of sp³-hybridized carbons (Fsp3) is 0.321. The summed E-state index contributed by atoms with van der Waals surface area (Å²) in [5.74, 6) is -1.38. The summed E-state index contributed by atoms with van der Waals surface area (Å²) in [6.07, 6.45) is 2.93. The van der Waals surface area contributed by atoms with Crippen LogP contribution >= 0.6 is 0 Å². The summed E-state index contributed by atoms with van der Waals surface area (Å²) in [4.78, 5) is 41.6. The van der Waals surface area contributed by atoms with Gasteiger partial charge in [0.2, 0.25) is 5.91 Å². The number of nitrogens with zero attached hydrogens (tertiary/aromatic N) is 2. The minimum Gasteiger partial charge on any atom is -0.497 e. The molecule has 11 nitrogen and oxygen atoms in total. The maximum atomic E-state index is 13.9. The first kappa shape index (κ1) is 27.4. The third-order valence-corrected chi connectivity index (χ3v) is 8.69. The van der Waals surface area contributed by atoms with Gasteiger partial charge in [-0.1, -0.05) is 24.3 Å². The number of carbonyl (C=O) groups is 3. The van der Waals surface area contributed by atoms with E-state index in [1.54, 1.807) is 42.5 Å². The lowest BCUT2D eigenvalue weighted by molar-refractivity contribution is -0.142. The van der Waals surface area contributed by atoms with Crippen LogP contribution in [0.3, 0.4) is 0 Å². The van der Waals surface area contributed by atoms with Gasteiger partial charge >= 0.3 is 0 Å².